The number of hydrogen-bond donors (Lipinski definition) is 4. The van der Waals surface area contributed by atoms with Gasteiger partial charge in [-0.3, -0.25) is 10.0 Å². The van der Waals surface area contributed by atoms with Crippen molar-refractivity contribution in [1.82, 2.24) is 15.4 Å². The van der Waals surface area contributed by atoms with E-state index in [1.807, 2.05) is 12.1 Å². The van der Waals surface area contributed by atoms with Gasteiger partial charge in [-0.25, -0.2) is 10.3 Å². The lowest BCUT2D eigenvalue weighted by molar-refractivity contribution is -0.192. The Morgan fingerprint density at radius 3 is 2.35 bits per heavy atom. The fourth-order valence-electron chi connectivity index (χ4n) is 3.52. The molecule has 164 valence electrons. The second-order valence-corrected chi connectivity index (χ2v) is 6.90. The minimum atomic E-state index is -5.08. The van der Waals surface area contributed by atoms with Crippen molar-refractivity contribution in [1.29, 1.82) is 0 Å². The summed E-state index contributed by atoms with van der Waals surface area (Å²) in [6.45, 7) is 2.69. The Morgan fingerprint density at radius 2 is 1.74 bits per heavy atom. The zero-order valence-electron chi connectivity index (χ0n) is 16.2. The van der Waals surface area contributed by atoms with E-state index < -0.39 is 18.1 Å². The molecule has 0 saturated carbocycles. The molecular formula is C21H20F3N3O4. The molecule has 1 amide bonds. The molecule has 1 aromatic heterocycles. The molecule has 0 aliphatic carbocycles. The third-order valence-electron chi connectivity index (χ3n) is 4.94. The van der Waals surface area contributed by atoms with Crippen LogP contribution in [0.3, 0.4) is 0 Å². The number of aromatic nitrogens is 1. The minimum Gasteiger partial charge on any atom is -0.475 e. The number of alkyl halides is 3. The first-order valence-electron chi connectivity index (χ1n) is 9.35. The summed E-state index contributed by atoms with van der Waals surface area (Å²) in [7, 11) is 0. The SMILES string of the molecule is O=C(NO)c1ccc(Cn2c3c(c4ccccc42)CNCC3)cc1.O=C(O)C(F)(F)F. The maximum atomic E-state index is 11.4. The highest BCUT2D eigenvalue weighted by Crippen LogP contribution is 2.29. The molecule has 31 heavy (non-hydrogen) atoms. The van der Waals surface area contributed by atoms with Gasteiger partial charge in [-0.05, 0) is 29.3 Å². The summed E-state index contributed by atoms with van der Waals surface area (Å²) in [5.74, 6) is -3.25. The van der Waals surface area contributed by atoms with Crippen LogP contribution in [-0.2, 0) is 24.3 Å². The van der Waals surface area contributed by atoms with Gasteiger partial charge in [0.1, 0.15) is 0 Å². The van der Waals surface area contributed by atoms with Gasteiger partial charge in [0.2, 0.25) is 0 Å². The lowest BCUT2D eigenvalue weighted by Gasteiger charge is -2.17. The van der Waals surface area contributed by atoms with E-state index >= 15 is 0 Å². The van der Waals surface area contributed by atoms with Crippen LogP contribution in [0, 0.1) is 0 Å². The number of benzene rings is 2. The number of aliphatic carboxylic acids is 1. The van der Waals surface area contributed by atoms with E-state index in [0.29, 0.717) is 5.56 Å². The highest BCUT2D eigenvalue weighted by Gasteiger charge is 2.38. The van der Waals surface area contributed by atoms with Crippen molar-refractivity contribution in [3.63, 3.8) is 0 Å². The van der Waals surface area contributed by atoms with E-state index in [1.165, 1.54) is 22.2 Å². The minimum absolute atomic E-state index is 0.449. The van der Waals surface area contributed by atoms with Crippen molar-refractivity contribution < 1.29 is 33.1 Å². The fraction of sp³-hybridized carbons (Fsp3) is 0.238. The van der Waals surface area contributed by atoms with Gasteiger partial charge in [0.15, 0.2) is 0 Å². The van der Waals surface area contributed by atoms with Crippen molar-refractivity contribution in [3.05, 3.63) is 70.9 Å². The number of halogens is 3. The normalized spacial score (nSPS) is 13.2. The van der Waals surface area contributed by atoms with E-state index in [9.17, 15) is 18.0 Å². The molecule has 7 nitrogen and oxygen atoms in total. The Kier molecular flexibility index (Phi) is 6.62. The first-order valence-corrected chi connectivity index (χ1v) is 9.35. The van der Waals surface area contributed by atoms with Crippen LogP contribution in [0.2, 0.25) is 0 Å². The third kappa shape index (κ3) is 5.04. The second-order valence-electron chi connectivity index (χ2n) is 6.90. The first-order chi connectivity index (χ1) is 14.7. The van der Waals surface area contributed by atoms with Gasteiger partial charge in [0.25, 0.3) is 5.91 Å². The number of hydroxylamine groups is 1. The molecule has 2 heterocycles. The number of carboxylic acid groups (broad SMARTS) is 1. The average Bonchev–Trinajstić information content (AvgIpc) is 3.07. The van der Waals surface area contributed by atoms with Crippen LogP contribution in [-0.4, -0.2) is 39.5 Å². The van der Waals surface area contributed by atoms with Crippen LogP contribution in [0.15, 0.2) is 48.5 Å². The number of carbonyl (C=O) groups is 2. The number of rotatable bonds is 3. The predicted octanol–water partition coefficient (Wildman–Crippen LogP) is 3.09. The van der Waals surface area contributed by atoms with Crippen LogP contribution >= 0.6 is 0 Å². The molecule has 10 heteroatoms. The fourth-order valence-corrected chi connectivity index (χ4v) is 3.52. The maximum Gasteiger partial charge on any atom is 0.490 e. The van der Waals surface area contributed by atoms with Crippen LogP contribution in [0.4, 0.5) is 13.2 Å². The molecule has 0 fully saturated rings. The Hall–Kier alpha value is -3.37. The van der Waals surface area contributed by atoms with E-state index in [4.69, 9.17) is 15.1 Å². The third-order valence-corrected chi connectivity index (χ3v) is 4.94. The summed E-state index contributed by atoms with van der Waals surface area (Å²) in [6.07, 6.45) is -4.06. The first kappa shape index (κ1) is 22.3. The number of nitrogens with zero attached hydrogens (tertiary/aromatic N) is 1. The van der Waals surface area contributed by atoms with Crippen molar-refractivity contribution in [2.45, 2.75) is 25.7 Å². The van der Waals surface area contributed by atoms with Gasteiger partial charge in [-0.15, -0.1) is 0 Å². The number of carbonyl (C=O) groups excluding carboxylic acids is 1. The smallest absolute Gasteiger partial charge is 0.475 e. The lowest BCUT2D eigenvalue weighted by atomic mass is 10.1. The monoisotopic (exact) mass is 435 g/mol. The molecule has 2 aromatic carbocycles. The number of hydrogen-bond acceptors (Lipinski definition) is 4. The van der Waals surface area contributed by atoms with E-state index in [0.717, 1.165) is 31.6 Å². The number of carboxylic acids is 1. The molecule has 0 atom stereocenters. The Labute approximate surface area is 175 Å². The topological polar surface area (TPSA) is 104 Å². The Bertz CT molecular complexity index is 1090. The summed E-state index contributed by atoms with van der Waals surface area (Å²) in [5, 5.41) is 20.6. The van der Waals surface area contributed by atoms with E-state index in [1.54, 1.807) is 17.6 Å². The number of amides is 1. The van der Waals surface area contributed by atoms with Crippen LogP contribution in [0.5, 0.6) is 0 Å². The Morgan fingerprint density at radius 1 is 1.10 bits per heavy atom. The predicted molar refractivity (Wildman–Crippen MR) is 106 cm³/mol. The molecule has 0 unspecified atom stereocenters. The van der Waals surface area contributed by atoms with Gasteiger partial charge < -0.3 is 15.0 Å². The van der Waals surface area contributed by atoms with E-state index in [2.05, 4.69) is 34.1 Å². The van der Waals surface area contributed by atoms with Crippen molar-refractivity contribution in [2.24, 2.45) is 0 Å². The summed E-state index contributed by atoms with van der Waals surface area (Å²) in [5.41, 5.74) is 7.29. The van der Waals surface area contributed by atoms with E-state index in [-0.39, 0.29) is 0 Å². The number of fused-ring (bicyclic) bond motifs is 3. The summed E-state index contributed by atoms with van der Waals surface area (Å²) < 4.78 is 34.1. The number of para-hydroxylation sites is 1. The lowest BCUT2D eigenvalue weighted by Crippen LogP contribution is -2.24. The van der Waals surface area contributed by atoms with Gasteiger partial charge in [-0.1, -0.05) is 30.3 Å². The van der Waals surface area contributed by atoms with Crippen LogP contribution in [0.1, 0.15) is 27.2 Å². The summed E-state index contributed by atoms with van der Waals surface area (Å²) >= 11 is 0. The molecule has 0 bridgehead atoms. The van der Waals surface area contributed by atoms with Gasteiger partial charge >= 0.3 is 12.1 Å². The van der Waals surface area contributed by atoms with Gasteiger partial charge in [-0.2, -0.15) is 13.2 Å². The molecule has 0 saturated heterocycles. The number of nitrogens with one attached hydrogen (secondary N) is 2. The zero-order valence-corrected chi connectivity index (χ0v) is 16.2. The van der Waals surface area contributed by atoms with Crippen molar-refractivity contribution in [3.8, 4) is 0 Å². The Balaban J connectivity index is 0.000000339. The van der Waals surface area contributed by atoms with Gasteiger partial charge in [0.05, 0.1) is 0 Å². The second kappa shape index (κ2) is 9.19. The molecule has 1 aliphatic rings. The zero-order chi connectivity index (χ0) is 22.6. The van der Waals surface area contributed by atoms with Crippen molar-refractivity contribution in [2.75, 3.05) is 6.54 Å². The average molecular weight is 435 g/mol. The largest absolute Gasteiger partial charge is 0.490 e. The van der Waals surface area contributed by atoms with Crippen LogP contribution < -0.4 is 10.8 Å². The van der Waals surface area contributed by atoms with Crippen LogP contribution in [0.25, 0.3) is 10.9 Å². The molecule has 1 aliphatic heterocycles. The molecular weight excluding hydrogens is 415 g/mol. The maximum absolute atomic E-state index is 11.4. The molecule has 0 radical (unpaired) electrons. The molecule has 3 aromatic rings. The van der Waals surface area contributed by atoms with Crippen molar-refractivity contribution >= 4 is 22.8 Å². The molecule has 0 spiro atoms. The molecule has 4 rings (SSSR count). The van der Waals surface area contributed by atoms with Gasteiger partial charge in [0, 0.05) is 48.2 Å². The summed E-state index contributed by atoms with van der Waals surface area (Å²) in [6, 6.07) is 15.9. The standard InChI is InChI=1S/C19H19N3O2.C2HF3O2/c23-19(21-24)14-7-5-13(6-8-14)12-22-17-4-2-1-3-15(17)16-11-20-10-9-18(16)22;3-2(4,5)1(6)7/h1-8,20,24H,9-12H2,(H,21,23);(H,6,7). The molecule has 4 N–H and O–H groups in total. The highest BCUT2D eigenvalue weighted by molar-refractivity contribution is 5.93. The quantitative estimate of drug-likeness (QED) is 0.374. The highest BCUT2D eigenvalue weighted by atomic mass is 19.4. The summed E-state index contributed by atoms with van der Waals surface area (Å²) in [4.78, 5) is 20.3.